The number of nitrogens with zero attached hydrogens (tertiary/aromatic N) is 1. The Balaban J connectivity index is 1.37. The van der Waals surface area contributed by atoms with E-state index in [-0.39, 0.29) is 0 Å². The lowest BCUT2D eigenvalue weighted by atomic mass is 10.1. The predicted octanol–water partition coefficient (Wildman–Crippen LogP) is 4.45. The Hall–Kier alpha value is -3.25. The van der Waals surface area contributed by atoms with Crippen LogP contribution in [0.1, 0.15) is 26.6 Å². The fraction of sp³-hybridized carbons (Fsp3) is 0.174. The number of ketones is 1. The zero-order valence-corrected chi connectivity index (χ0v) is 17.1. The summed E-state index contributed by atoms with van der Waals surface area (Å²) < 4.78 is 0. The van der Waals surface area contributed by atoms with E-state index in [1.807, 2.05) is 67.8 Å². The van der Waals surface area contributed by atoms with Gasteiger partial charge in [0.15, 0.2) is 0 Å². The summed E-state index contributed by atoms with van der Waals surface area (Å²) in [6.45, 7) is 4.21. The van der Waals surface area contributed by atoms with Crippen LogP contribution < -0.4 is 5.32 Å². The van der Waals surface area contributed by atoms with E-state index in [0.29, 0.717) is 24.2 Å². The van der Waals surface area contributed by atoms with Gasteiger partial charge in [-0.3, -0.25) is 9.59 Å². The van der Waals surface area contributed by atoms with Crippen LogP contribution in [0.3, 0.4) is 0 Å². The maximum absolute atomic E-state index is 12.6. The van der Waals surface area contributed by atoms with Crippen molar-refractivity contribution in [2.45, 2.75) is 20.3 Å². The number of aryl methyl sites for hydroxylation is 2. The third-order valence-electron chi connectivity index (χ3n) is 4.89. The van der Waals surface area contributed by atoms with E-state index in [1.54, 1.807) is 11.3 Å². The van der Waals surface area contributed by atoms with Gasteiger partial charge in [0.25, 0.3) is 11.7 Å². The number of hydrogen-bond donors (Lipinski definition) is 2. The first-order valence-electron chi connectivity index (χ1n) is 9.44. The summed E-state index contributed by atoms with van der Waals surface area (Å²) in [4.78, 5) is 32.7. The number of para-hydroxylation sites is 1. The van der Waals surface area contributed by atoms with Crippen LogP contribution in [0.4, 0.5) is 0 Å². The smallest absolute Gasteiger partial charge is 0.292 e. The van der Waals surface area contributed by atoms with E-state index in [2.05, 4.69) is 15.3 Å². The van der Waals surface area contributed by atoms with Gasteiger partial charge in [-0.05, 0) is 31.9 Å². The molecule has 0 unspecified atom stereocenters. The number of rotatable bonds is 6. The van der Waals surface area contributed by atoms with E-state index >= 15 is 0 Å². The van der Waals surface area contributed by atoms with Crippen molar-refractivity contribution >= 4 is 33.9 Å². The average molecular weight is 404 g/mol. The summed E-state index contributed by atoms with van der Waals surface area (Å²) in [5, 5.41) is 6.61. The summed E-state index contributed by atoms with van der Waals surface area (Å²) in [5.41, 5.74) is 5.16. The molecular weight excluding hydrogens is 382 g/mol. The van der Waals surface area contributed by atoms with Crippen molar-refractivity contribution in [3.05, 3.63) is 75.7 Å². The summed E-state index contributed by atoms with van der Waals surface area (Å²) in [5.74, 6) is -1.08. The standard InChI is InChI=1S/C23H21N3O2S/c1-14-21(18-5-3-4-6-19(18)25-14)22(27)23(28)24-12-11-16-7-9-17(10-8-16)20-13-29-15(2)26-20/h3-10,13,25H,11-12H2,1-2H3,(H,24,28). The molecule has 1 amide bonds. The highest BCUT2D eigenvalue weighted by atomic mass is 32.1. The van der Waals surface area contributed by atoms with Crippen LogP contribution in [-0.2, 0) is 11.2 Å². The highest BCUT2D eigenvalue weighted by molar-refractivity contribution is 7.09. The van der Waals surface area contributed by atoms with Crippen molar-refractivity contribution in [3.8, 4) is 11.3 Å². The van der Waals surface area contributed by atoms with Gasteiger partial charge in [0.1, 0.15) is 0 Å². The van der Waals surface area contributed by atoms with Crippen LogP contribution in [0.15, 0.2) is 53.9 Å². The van der Waals surface area contributed by atoms with E-state index in [4.69, 9.17) is 0 Å². The maximum atomic E-state index is 12.6. The number of H-pyrrole nitrogens is 1. The quantitative estimate of drug-likeness (QED) is 0.369. The molecule has 29 heavy (non-hydrogen) atoms. The zero-order chi connectivity index (χ0) is 20.4. The number of thiazole rings is 1. The second-order valence-electron chi connectivity index (χ2n) is 6.95. The second-order valence-corrected chi connectivity index (χ2v) is 8.02. The minimum Gasteiger partial charge on any atom is -0.358 e. The Bertz CT molecular complexity index is 1190. The Morgan fingerprint density at radius 1 is 1.07 bits per heavy atom. The van der Waals surface area contributed by atoms with Gasteiger partial charge in [-0.2, -0.15) is 0 Å². The molecule has 0 saturated heterocycles. The van der Waals surface area contributed by atoms with Crippen molar-refractivity contribution in [3.63, 3.8) is 0 Å². The van der Waals surface area contributed by atoms with Crippen LogP contribution in [0.5, 0.6) is 0 Å². The van der Waals surface area contributed by atoms with Gasteiger partial charge in [0.2, 0.25) is 0 Å². The molecule has 2 aromatic carbocycles. The third kappa shape index (κ3) is 3.98. The minimum atomic E-state index is -0.576. The van der Waals surface area contributed by atoms with Crippen molar-refractivity contribution in [1.29, 1.82) is 0 Å². The van der Waals surface area contributed by atoms with Gasteiger partial charge in [0, 0.05) is 34.1 Å². The van der Waals surface area contributed by atoms with Crippen molar-refractivity contribution in [2.75, 3.05) is 6.54 Å². The van der Waals surface area contributed by atoms with Crippen molar-refractivity contribution in [1.82, 2.24) is 15.3 Å². The fourth-order valence-electron chi connectivity index (χ4n) is 3.42. The molecule has 0 atom stereocenters. The second kappa shape index (κ2) is 8.01. The first-order valence-corrected chi connectivity index (χ1v) is 10.3. The van der Waals surface area contributed by atoms with Crippen molar-refractivity contribution in [2.24, 2.45) is 0 Å². The largest absolute Gasteiger partial charge is 0.358 e. The SMILES string of the molecule is Cc1nc(-c2ccc(CCNC(=O)C(=O)c3c(C)[nH]c4ccccc34)cc2)cs1. The molecule has 2 aromatic heterocycles. The van der Waals surface area contributed by atoms with Gasteiger partial charge in [-0.25, -0.2) is 4.98 Å². The van der Waals surface area contributed by atoms with Gasteiger partial charge in [-0.15, -0.1) is 11.3 Å². The molecule has 0 bridgehead atoms. The third-order valence-corrected chi connectivity index (χ3v) is 5.67. The van der Waals surface area contributed by atoms with Crippen LogP contribution in [-0.4, -0.2) is 28.2 Å². The van der Waals surface area contributed by atoms with E-state index in [0.717, 1.165) is 32.7 Å². The predicted molar refractivity (Wildman–Crippen MR) is 116 cm³/mol. The highest BCUT2D eigenvalue weighted by Crippen LogP contribution is 2.23. The number of fused-ring (bicyclic) bond motifs is 1. The number of hydrogen-bond acceptors (Lipinski definition) is 4. The van der Waals surface area contributed by atoms with Gasteiger partial charge < -0.3 is 10.3 Å². The van der Waals surface area contributed by atoms with Gasteiger partial charge in [-0.1, -0.05) is 42.5 Å². The topological polar surface area (TPSA) is 74.8 Å². The van der Waals surface area contributed by atoms with Gasteiger partial charge in [0.05, 0.1) is 16.3 Å². The molecule has 0 radical (unpaired) electrons. The number of Topliss-reactive ketones (excluding diaryl/α,β-unsaturated/α-hetero) is 1. The van der Waals surface area contributed by atoms with E-state index < -0.39 is 11.7 Å². The number of aromatic amines is 1. The monoisotopic (exact) mass is 403 g/mol. The maximum Gasteiger partial charge on any atom is 0.292 e. The minimum absolute atomic E-state index is 0.404. The Morgan fingerprint density at radius 2 is 1.83 bits per heavy atom. The number of benzene rings is 2. The molecule has 4 aromatic rings. The Morgan fingerprint density at radius 3 is 2.55 bits per heavy atom. The summed E-state index contributed by atoms with van der Waals surface area (Å²) in [6.07, 6.45) is 0.655. The van der Waals surface area contributed by atoms with Crippen LogP contribution in [0.25, 0.3) is 22.2 Å². The molecule has 0 aliphatic heterocycles. The van der Waals surface area contributed by atoms with E-state index in [1.165, 1.54) is 0 Å². The lowest BCUT2D eigenvalue weighted by molar-refractivity contribution is -0.116. The highest BCUT2D eigenvalue weighted by Gasteiger charge is 2.22. The number of carbonyl (C=O) groups is 2. The molecule has 0 aliphatic carbocycles. The Kier molecular flexibility index (Phi) is 5.27. The lowest BCUT2D eigenvalue weighted by Gasteiger charge is -2.06. The fourth-order valence-corrected chi connectivity index (χ4v) is 4.04. The summed E-state index contributed by atoms with van der Waals surface area (Å²) in [6, 6.07) is 15.6. The van der Waals surface area contributed by atoms with Crippen LogP contribution in [0.2, 0.25) is 0 Å². The van der Waals surface area contributed by atoms with Gasteiger partial charge >= 0.3 is 0 Å². The molecule has 2 N–H and O–H groups in total. The van der Waals surface area contributed by atoms with Crippen LogP contribution >= 0.6 is 11.3 Å². The molecule has 2 heterocycles. The zero-order valence-electron chi connectivity index (χ0n) is 16.3. The molecule has 0 fully saturated rings. The molecule has 4 rings (SSSR count). The number of amides is 1. The first-order chi connectivity index (χ1) is 14.0. The molecule has 5 nitrogen and oxygen atoms in total. The molecule has 0 spiro atoms. The normalized spacial score (nSPS) is 11.0. The number of nitrogens with one attached hydrogen (secondary N) is 2. The molecule has 0 saturated carbocycles. The molecule has 146 valence electrons. The lowest BCUT2D eigenvalue weighted by Crippen LogP contribution is -2.32. The molecule has 6 heteroatoms. The number of carbonyl (C=O) groups excluding carboxylic acids is 2. The molecule has 0 aliphatic rings. The summed E-state index contributed by atoms with van der Waals surface area (Å²) >= 11 is 1.63. The van der Waals surface area contributed by atoms with Crippen molar-refractivity contribution < 1.29 is 9.59 Å². The summed E-state index contributed by atoms with van der Waals surface area (Å²) in [7, 11) is 0. The average Bonchev–Trinajstić information content (AvgIpc) is 3.30. The Labute approximate surface area is 172 Å². The number of aromatic nitrogens is 2. The van der Waals surface area contributed by atoms with Crippen LogP contribution in [0, 0.1) is 13.8 Å². The van der Waals surface area contributed by atoms with E-state index in [9.17, 15) is 9.59 Å². The molecular formula is C23H21N3O2S. The first kappa shape index (κ1) is 19.1.